The van der Waals surface area contributed by atoms with Crippen LogP contribution >= 0.6 is 0 Å². The van der Waals surface area contributed by atoms with Gasteiger partial charge in [-0.15, -0.1) is 5.10 Å². The third-order valence-electron chi connectivity index (χ3n) is 3.56. The minimum Gasteiger partial charge on any atom is -0.383 e. The molecule has 0 unspecified atom stereocenters. The molecule has 0 saturated carbocycles. The third-order valence-corrected chi connectivity index (χ3v) is 3.56. The Hall–Kier alpha value is -2.63. The smallest absolute Gasteiger partial charge is 0.351 e. The molecule has 0 radical (unpaired) electrons. The van der Waals surface area contributed by atoms with Crippen LogP contribution in [0.15, 0.2) is 41.3 Å². The SMILES string of the molecule is O=c1n(Cc2ccccn2)nc2ccc3c(n12)CCN3. The molecule has 0 atom stereocenters. The molecule has 6 nitrogen and oxygen atoms in total. The van der Waals surface area contributed by atoms with E-state index in [-0.39, 0.29) is 5.69 Å². The van der Waals surface area contributed by atoms with Crippen LogP contribution in [0.4, 0.5) is 5.69 Å². The number of aromatic nitrogens is 4. The number of rotatable bonds is 2. The van der Waals surface area contributed by atoms with E-state index < -0.39 is 0 Å². The maximum Gasteiger partial charge on any atom is 0.351 e. The zero-order valence-corrected chi connectivity index (χ0v) is 10.8. The average Bonchev–Trinajstić information content (AvgIpc) is 3.05. The van der Waals surface area contributed by atoms with E-state index >= 15 is 0 Å². The van der Waals surface area contributed by atoms with Crippen LogP contribution in [0.2, 0.25) is 0 Å². The van der Waals surface area contributed by atoms with Crippen molar-refractivity contribution in [2.24, 2.45) is 0 Å². The van der Waals surface area contributed by atoms with E-state index in [9.17, 15) is 4.79 Å². The van der Waals surface area contributed by atoms with Crippen molar-refractivity contribution in [3.63, 3.8) is 0 Å². The summed E-state index contributed by atoms with van der Waals surface area (Å²) in [6, 6.07) is 9.50. The van der Waals surface area contributed by atoms with Crippen LogP contribution in [0.3, 0.4) is 0 Å². The third kappa shape index (κ3) is 1.61. The van der Waals surface area contributed by atoms with Crippen molar-refractivity contribution in [1.82, 2.24) is 19.2 Å². The molecule has 0 fully saturated rings. The number of pyridine rings is 2. The van der Waals surface area contributed by atoms with Gasteiger partial charge in [-0.05, 0) is 24.3 Å². The first-order valence-electron chi connectivity index (χ1n) is 6.58. The van der Waals surface area contributed by atoms with Crippen LogP contribution in [-0.2, 0) is 13.0 Å². The highest BCUT2D eigenvalue weighted by molar-refractivity contribution is 5.58. The highest BCUT2D eigenvalue weighted by Gasteiger charge is 2.17. The first kappa shape index (κ1) is 11.2. The normalized spacial score (nSPS) is 13.4. The molecule has 100 valence electrons. The van der Waals surface area contributed by atoms with Gasteiger partial charge in [0.25, 0.3) is 0 Å². The number of anilines is 1. The largest absolute Gasteiger partial charge is 0.383 e. The number of hydrogen-bond donors (Lipinski definition) is 1. The molecule has 3 aromatic heterocycles. The van der Waals surface area contributed by atoms with E-state index in [1.807, 2.05) is 30.3 Å². The topological polar surface area (TPSA) is 64.2 Å². The molecule has 1 N–H and O–H groups in total. The predicted octanol–water partition coefficient (Wildman–Crippen LogP) is 0.907. The summed E-state index contributed by atoms with van der Waals surface area (Å²) in [4.78, 5) is 16.7. The van der Waals surface area contributed by atoms with Crippen molar-refractivity contribution in [2.45, 2.75) is 13.0 Å². The monoisotopic (exact) mass is 267 g/mol. The summed E-state index contributed by atoms with van der Waals surface area (Å²) in [5.41, 5.74) is 3.45. The van der Waals surface area contributed by atoms with E-state index in [0.717, 1.165) is 30.0 Å². The van der Waals surface area contributed by atoms with E-state index in [2.05, 4.69) is 15.4 Å². The molecule has 4 heterocycles. The molecule has 3 aromatic rings. The molecular formula is C14H13N5O. The molecule has 1 aliphatic heterocycles. The van der Waals surface area contributed by atoms with E-state index in [1.165, 1.54) is 4.68 Å². The van der Waals surface area contributed by atoms with Gasteiger partial charge in [-0.2, -0.15) is 0 Å². The van der Waals surface area contributed by atoms with Crippen molar-refractivity contribution >= 4 is 11.3 Å². The summed E-state index contributed by atoms with van der Waals surface area (Å²) in [6.07, 6.45) is 2.57. The van der Waals surface area contributed by atoms with Gasteiger partial charge < -0.3 is 5.32 Å². The molecule has 20 heavy (non-hydrogen) atoms. The van der Waals surface area contributed by atoms with E-state index in [1.54, 1.807) is 10.6 Å². The quantitative estimate of drug-likeness (QED) is 0.749. The Morgan fingerprint density at radius 1 is 1.25 bits per heavy atom. The summed E-state index contributed by atoms with van der Waals surface area (Å²) in [7, 11) is 0. The number of hydrogen-bond acceptors (Lipinski definition) is 4. The summed E-state index contributed by atoms with van der Waals surface area (Å²) in [6.45, 7) is 1.26. The van der Waals surface area contributed by atoms with Crippen LogP contribution in [0.5, 0.6) is 0 Å². The predicted molar refractivity (Wildman–Crippen MR) is 75.0 cm³/mol. The lowest BCUT2D eigenvalue weighted by Crippen LogP contribution is -2.23. The summed E-state index contributed by atoms with van der Waals surface area (Å²) in [5.74, 6) is 0. The van der Waals surface area contributed by atoms with Gasteiger partial charge in [-0.25, -0.2) is 13.9 Å². The van der Waals surface area contributed by atoms with Crippen molar-refractivity contribution in [1.29, 1.82) is 0 Å². The molecule has 0 aliphatic carbocycles. The highest BCUT2D eigenvalue weighted by atomic mass is 16.2. The van der Waals surface area contributed by atoms with Crippen molar-refractivity contribution < 1.29 is 0 Å². The van der Waals surface area contributed by atoms with Gasteiger partial charge >= 0.3 is 5.69 Å². The number of fused-ring (bicyclic) bond motifs is 3. The van der Waals surface area contributed by atoms with Crippen LogP contribution in [0.1, 0.15) is 11.4 Å². The second-order valence-electron chi connectivity index (χ2n) is 4.83. The summed E-state index contributed by atoms with van der Waals surface area (Å²) < 4.78 is 3.16. The van der Waals surface area contributed by atoms with Crippen LogP contribution in [0.25, 0.3) is 5.65 Å². The molecular weight excluding hydrogens is 254 g/mol. The zero-order chi connectivity index (χ0) is 13.5. The lowest BCUT2D eigenvalue weighted by Gasteiger charge is -2.00. The van der Waals surface area contributed by atoms with Gasteiger partial charge in [0.05, 0.1) is 23.6 Å². The molecule has 0 saturated heterocycles. The Balaban J connectivity index is 1.86. The Morgan fingerprint density at radius 2 is 2.20 bits per heavy atom. The molecule has 0 amide bonds. The number of nitrogens with zero attached hydrogens (tertiary/aromatic N) is 4. The number of nitrogens with one attached hydrogen (secondary N) is 1. The lowest BCUT2D eigenvalue weighted by molar-refractivity contribution is 0.644. The fourth-order valence-electron chi connectivity index (χ4n) is 2.63. The molecule has 6 heteroatoms. The van der Waals surface area contributed by atoms with Gasteiger partial charge in [0, 0.05) is 19.2 Å². The maximum absolute atomic E-state index is 12.5. The molecule has 0 aromatic carbocycles. The second-order valence-corrected chi connectivity index (χ2v) is 4.83. The van der Waals surface area contributed by atoms with Gasteiger partial charge in [-0.1, -0.05) is 6.07 Å². The van der Waals surface area contributed by atoms with Crippen LogP contribution in [-0.4, -0.2) is 25.7 Å². The van der Waals surface area contributed by atoms with Gasteiger partial charge in [-0.3, -0.25) is 4.98 Å². The van der Waals surface area contributed by atoms with Crippen LogP contribution < -0.4 is 11.0 Å². The molecule has 0 spiro atoms. The fourth-order valence-corrected chi connectivity index (χ4v) is 2.63. The zero-order valence-electron chi connectivity index (χ0n) is 10.8. The maximum atomic E-state index is 12.5. The van der Waals surface area contributed by atoms with Crippen molar-refractivity contribution in [2.75, 3.05) is 11.9 Å². The molecule has 0 bridgehead atoms. The standard InChI is InChI=1S/C14H13N5O/c20-14-18(9-10-3-1-2-7-15-10)17-13-5-4-11-12(19(13)14)6-8-16-11/h1-5,7,16H,6,8-9H2. The Morgan fingerprint density at radius 3 is 3.05 bits per heavy atom. The van der Waals surface area contributed by atoms with Gasteiger partial charge in [0.1, 0.15) is 0 Å². The van der Waals surface area contributed by atoms with E-state index in [4.69, 9.17) is 0 Å². The first-order valence-corrected chi connectivity index (χ1v) is 6.58. The van der Waals surface area contributed by atoms with Crippen molar-refractivity contribution in [3.8, 4) is 0 Å². The summed E-state index contributed by atoms with van der Waals surface area (Å²) in [5, 5.41) is 7.65. The lowest BCUT2D eigenvalue weighted by atomic mass is 10.3. The Kier molecular flexibility index (Phi) is 2.35. The van der Waals surface area contributed by atoms with Gasteiger partial charge in [0.2, 0.25) is 0 Å². The van der Waals surface area contributed by atoms with Crippen molar-refractivity contribution in [3.05, 3.63) is 58.4 Å². The molecule has 4 rings (SSSR count). The molecule has 1 aliphatic rings. The van der Waals surface area contributed by atoms with Gasteiger partial charge in [0.15, 0.2) is 5.65 Å². The Bertz CT molecular complexity index is 834. The van der Waals surface area contributed by atoms with Crippen LogP contribution in [0, 0.1) is 0 Å². The Labute approximate surface area is 114 Å². The summed E-state index contributed by atoms with van der Waals surface area (Å²) >= 11 is 0. The first-order chi connectivity index (χ1) is 9.83. The highest BCUT2D eigenvalue weighted by Crippen LogP contribution is 2.21. The minimum atomic E-state index is -0.105. The average molecular weight is 267 g/mol. The van der Waals surface area contributed by atoms with E-state index in [0.29, 0.717) is 12.2 Å². The minimum absolute atomic E-state index is 0.105. The second kappa shape index (κ2) is 4.19. The fraction of sp³-hybridized carbons (Fsp3) is 0.214.